The van der Waals surface area contributed by atoms with E-state index < -0.39 is 30.5 Å². The first-order valence-electron chi connectivity index (χ1n) is 26.0. The molecule has 8 aromatic rings. The molecule has 0 aliphatic heterocycles. The number of carbonyl (C=O) groups is 6. The van der Waals surface area contributed by atoms with Crippen molar-refractivity contribution in [2.24, 2.45) is 0 Å². The van der Waals surface area contributed by atoms with Crippen molar-refractivity contribution in [1.29, 1.82) is 0 Å². The summed E-state index contributed by atoms with van der Waals surface area (Å²) < 4.78 is 41.4. The van der Waals surface area contributed by atoms with Gasteiger partial charge in [0.25, 0.3) is 0 Å². The van der Waals surface area contributed by atoms with E-state index in [0.717, 1.165) is 30.2 Å². The highest BCUT2D eigenvalue weighted by Crippen LogP contribution is 2.30. The molecule has 0 radical (unpaired) electrons. The van der Waals surface area contributed by atoms with Gasteiger partial charge in [-0.05, 0) is 98.2 Å². The Hall–Kier alpha value is -8.31. The van der Waals surface area contributed by atoms with Crippen LogP contribution in [-0.2, 0) is 49.9 Å². The summed E-state index contributed by atoms with van der Waals surface area (Å²) >= 11 is 18.5. The SMILES string of the molecule is C.C#Cc1ncccn1.CC(=O)c1nn(CC(=O)N(CC(=O)NCc2cccc(Cl)c2F)C2CC2)c2ccc(Br)cc12.CC(=O)c1nn(CC(=O)N(CC(=O)NCc2cccc(Cl)c2F)C2CC2)c2ccc(C#Cc3ncccn3)cc12.C[P+](=O)S. The van der Waals surface area contributed by atoms with E-state index in [1.165, 1.54) is 51.2 Å². The molecular weight excluding hydrogens is 1250 g/mol. The molecule has 4 aromatic heterocycles. The average Bonchev–Trinajstić information content (AvgIpc) is 1.89. The number of ketones is 2. The molecule has 2 aliphatic rings. The highest BCUT2D eigenvalue weighted by Gasteiger charge is 2.36. The zero-order valence-corrected chi connectivity index (χ0v) is 50.7. The number of terminal acetylenes is 1. The first-order chi connectivity index (χ1) is 40.7. The molecule has 4 aromatic carbocycles. The second-order valence-corrected chi connectivity index (χ2v) is 23.4. The Bertz CT molecular complexity index is 3930. The molecule has 1 unspecified atom stereocenters. The van der Waals surface area contributed by atoms with Crippen LogP contribution in [0.1, 0.15) is 96.3 Å². The van der Waals surface area contributed by atoms with Crippen LogP contribution in [0.3, 0.4) is 0 Å². The first kappa shape index (κ1) is 66.8. The number of nitrogens with zero attached hydrogens (tertiary/aromatic N) is 10. The molecular formula is C60H57BrCl2F2N12O7PS+. The van der Waals surface area contributed by atoms with Crippen molar-refractivity contribution < 1.29 is 42.1 Å². The first-order valence-corrected chi connectivity index (χ1v) is 30.4. The number of aromatic nitrogens is 8. The van der Waals surface area contributed by atoms with E-state index in [0.29, 0.717) is 44.7 Å². The smallest absolute Gasteiger partial charge is 0.350 e. The summed E-state index contributed by atoms with van der Waals surface area (Å²) in [7, 11) is -1.18. The van der Waals surface area contributed by atoms with Gasteiger partial charge in [-0.1, -0.05) is 81.3 Å². The van der Waals surface area contributed by atoms with Crippen LogP contribution in [0.2, 0.25) is 10.0 Å². The molecule has 0 saturated heterocycles. The van der Waals surface area contributed by atoms with Crippen LogP contribution in [0.5, 0.6) is 0 Å². The third kappa shape index (κ3) is 19.1. The second kappa shape index (κ2) is 31.7. The van der Waals surface area contributed by atoms with Gasteiger partial charge in [0.1, 0.15) is 55.0 Å². The molecule has 2 fully saturated rings. The number of amides is 4. The number of carbonyl (C=O) groups excluding carboxylic acids is 6. The molecule has 1 atom stereocenters. The standard InChI is InChI=1S/C29H24ClFN6O3.C23H21BrClFN4O3.C6H4N2.CH3OPS.CH4/c1-18(38)29-22-14-19(7-11-25-32-12-3-13-33-25)6-10-24(22)37(35-29)17-27(40)36(21-8-9-21)16-26(39)34-15-20-4-2-5-23(30)28(20)31;1-13(31)23-17-9-15(24)5-8-19(17)30(28-23)12-21(33)29(16-6-7-16)11-20(32)27-10-14-3-2-4-18(25)22(14)26;1-2-6-7-4-3-5-8-6;1-3(2)4;/h2-6,10,12-14,21H,8-9,15-17H2,1H3,(H,34,39);2-5,8-9,16H,6-7,10-12H2,1H3,(H,27,32);1,3-5H;1H3;1H4/p+1. The van der Waals surface area contributed by atoms with Gasteiger partial charge < -0.3 is 20.4 Å². The number of nitrogens with one attached hydrogen (secondary N) is 2. The average molecular weight is 1310 g/mol. The molecule has 10 rings (SSSR count). The maximum atomic E-state index is 14.2. The minimum absolute atomic E-state index is 0. The lowest BCUT2D eigenvalue weighted by atomic mass is 10.1. The van der Waals surface area contributed by atoms with Crippen molar-refractivity contribution in [3.63, 3.8) is 0 Å². The highest BCUT2D eigenvalue weighted by molar-refractivity contribution is 9.10. The van der Waals surface area contributed by atoms with E-state index >= 15 is 0 Å². The van der Waals surface area contributed by atoms with Gasteiger partial charge in [0.15, 0.2) is 11.6 Å². The lowest BCUT2D eigenvalue weighted by Gasteiger charge is -2.22. The number of fused-ring (bicyclic) bond motifs is 2. The number of hydrogen-bond donors (Lipinski definition) is 3. The summed E-state index contributed by atoms with van der Waals surface area (Å²) in [5.41, 5.74) is 2.93. The summed E-state index contributed by atoms with van der Waals surface area (Å²) in [4.78, 5) is 94.7. The van der Waals surface area contributed by atoms with Crippen LogP contribution in [0, 0.1) is 35.8 Å². The van der Waals surface area contributed by atoms with Crippen LogP contribution < -0.4 is 10.6 Å². The van der Waals surface area contributed by atoms with Crippen molar-refractivity contribution in [1.82, 2.24) is 59.9 Å². The largest absolute Gasteiger partial charge is 0.404 e. The van der Waals surface area contributed by atoms with Crippen LogP contribution in [0.25, 0.3) is 21.8 Å². The highest BCUT2D eigenvalue weighted by atomic mass is 79.9. The predicted octanol–water partition coefficient (Wildman–Crippen LogP) is 10.0. The zero-order chi connectivity index (χ0) is 61.3. The molecule has 2 aliphatic carbocycles. The predicted molar refractivity (Wildman–Crippen MR) is 330 cm³/mol. The maximum absolute atomic E-state index is 14.2. The van der Waals surface area contributed by atoms with Gasteiger partial charge in [-0.15, -0.1) is 6.42 Å². The fourth-order valence-corrected chi connectivity index (χ4v) is 9.02. The number of halogens is 5. The Balaban J connectivity index is 0.000000231. The quantitative estimate of drug-likeness (QED) is 0.0354. The fourth-order valence-electron chi connectivity index (χ4n) is 8.27. The number of Topliss-reactive ketones (excluding diaryl/α,β-unsaturated/α-hetero) is 2. The topological polar surface area (TPSA) is 237 Å². The van der Waals surface area contributed by atoms with E-state index in [-0.39, 0.29) is 109 Å². The van der Waals surface area contributed by atoms with E-state index in [1.807, 2.05) is 6.07 Å². The molecule has 4 amide bonds. The number of hydrogen-bond acceptors (Lipinski definition) is 13. The van der Waals surface area contributed by atoms with Gasteiger partial charge in [-0.3, -0.25) is 38.1 Å². The van der Waals surface area contributed by atoms with Gasteiger partial charge >= 0.3 is 7.00 Å². The van der Waals surface area contributed by atoms with Crippen LogP contribution in [0.15, 0.2) is 114 Å². The lowest BCUT2D eigenvalue weighted by molar-refractivity contribution is -0.137. The maximum Gasteiger partial charge on any atom is 0.404 e. The third-order valence-corrected chi connectivity index (χ3v) is 13.6. The molecule has 0 spiro atoms. The van der Waals surface area contributed by atoms with Crippen LogP contribution in [0.4, 0.5) is 8.78 Å². The molecule has 26 heteroatoms. The molecule has 444 valence electrons. The van der Waals surface area contributed by atoms with E-state index in [9.17, 15) is 42.1 Å². The van der Waals surface area contributed by atoms with Crippen LogP contribution in [-0.4, -0.2) is 116 Å². The van der Waals surface area contributed by atoms with Crippen molar-refractivity contribution in [2.75, 3.05) is 19.8 Å². The summed E-state index contributed by atoms with van der Waals surface area (Å²) in [5, 5.41) is 15.3. The minimum Gasteiger partial charge on any atom is -0.350 e. The van der Waals surface area contributed by atoms with Crippen molar-refractivity contribution in [2.45, 2.75) is 85.2 Å². The summed E-state index contributed by atoms with van der Waals surface area (Å²) in [6.07, 6.45) is 14.6. The Morgan fingerprint density at radius 3 is 1.50 bits per heavy atom. The van der Waals surface area contributed by atoms with Gasteiger partial charge in [-0.2, -0.15) is 10.2 Å². The summed E-state index contributed by atoms with van der Waals surface area (Å²) in [6.45, 7) is 3.73. The summed E-state index contributed by atoms with van der Waals surface area (Å²) in [6, 6.07) is 23.2. The zero-order valence-electron chi connectivity index (χ0n) is 45.8. The third-order valence-electron chi connectivity index (χ3n) is 12.5. The number of thiol groups is 1. The lowest BCUT2D eigenvalue weighted by Crippen LogP contribution is -2.43. The molecule has 4 heterocycles. The molecule has 2 N–H and O–H groups in total. The Morgan fingerprint density at radius 1 is 0.674 bits per heavy atom. The Morgan fingerprint density at radius 2 is 1.09 bits per heavy atom. The molecule has 2 saturated carbocycles. The Kier molecular flexibility index (Phi) is 24.6. The van der Waals surface area contributed by atoms with Crippen molar-refractivity contribution in [3.8, 4) is 24.2 Å². The van der Waals surface area contributed by atoms with Crippen LogP contribution >= 0.6 is 58.4 Å². The van der Waals surface area contributed by atoms with Gasteiger partial charge in [0.05, 0.1) is 34.2 Å². The van der Waals surface area contributed by atoms with Crippen molar-refractivity contribution >= 4 is 115 Å². The van der Waals surface area contributed by atoms with Crippen molar-refractivity contribution in [3.05, 3.63) is 176 Å². The second-order valence-electron chi connectivity index (χ2n) is 19.0. The Labute approximate surface area is 519 Å². The number of benzene rings is 4. The van der Waals surface area contributed by atoms with E-state index in [2.05, 4.69) is 86.7 Å². The monoisotopic (exact) mass is 1310 g/mol. The normalized spacial score (nSPS) is 12.1. The van der Waals surface area contributed by atoms with E-state index in [4.69, 9.17) is 29.6 Å². The van der Waals surface area contributed by atoms with Gasteiger partial charge in [0, 0.05) is 95.7 Å². The van der Waals surface area contributed by atoms with Gasteiger partial charge in [-0.25, -0.2) is 28.7 Å². The van der Waals surface area contributed by atoms with E-state index in [1.54, 1.807) is 92.1 Å². The fraction of sp³-hybridized carbons (Fsp3) is 0.267. The molecule has 86 heavy (non-hydrogen) atoms. The number of rotatable bonds is 16. The minimum atomic E-state index is -1.18. The molecule has 19 nitrogen and oxygen atoms in total. The summed E-state index contributed by atoms with van der Waals surface area (Å²) in [5.74, 6) is 5.98. The van der Waals surface area contributed by atoms with Gasteiger partial charge in [0.2, 0.25) is 35.3 Å². The molecule has 0 bridgehead atoms.